The Labute approximate surface area is 115 Å². The highest BCUT2D eigenvalue weighted by Crippen LogP contribution is 2.31. The zero-order valence-electron chi connectivity index (χ0n) is 10.3. The maximum atomic E-state index is 3.55. The molecule has 2 aromatic rings. The molecule has 1 aromatic carbocycles. The second-order valence-electron chi connectivity index (χ2n) is 4.15. The minimum atomic E-state index is 0.277. The molecular formula is C14H16BrNS. The van der Waals surface area contributed by atoms with E-state index in [-0.39, 0.29) is 6.04 Å². The van der Waals surface area contributed by atoms with E-state index in [1.54, 1.807) is 11.3 Å². The molecule has 0 fully saturated rings. The van der Waals surface area contributed by atoms with E-state index in [0.29, 0.717) is 0 Å². The van der Waals surface area contributed by atoms with Crippen molar-refractivity contribution in [3.05, 3.63) is 55.7 Å². The molecule has 1 heterocycles. The number of benzene rings is 1. The molecule has 0 aliphatic rings. The van der Waals surface area contributed by atoms with E-state index in [4.69, 9.17) is 0 Å². The lowest BCUT2D eigenvalue weighted by Crippen LogP contribution is -2.18. The average Bonchev–Trinajstić information content (AvgIpc) is 2.71. The van der Waals surface area contributed by atoms with Gasteiger partial charge in [-0.25, -0.2) is 0 Å². The molecule has 1 N–H and O–H groups in total. The third kappa shape index (κ3) is 2.62. The molecule has 1 atom stereocenters. The molecule has 90 valence electrons. The predicted molar refractivity (Wildman–Crippen MR) is 78.8 cm³/mol. The molecule has 0 saturated carbocycles. The number of rotatable bonds is 3. The van der Waals surface area contributed by atoms with E-state index >= 15 is 0 Å². The first-order valence-electron chi connectivity index (χ1n) is 5.60. The summed E-state index contributed by atoms with van der Waals surface area (Å²) >= 11 is 5.35. The maximum Gasteiger partial charge on any atom is 0.0588 e. The summed E-state index contributed by atoms with van der Waals surface area (Å²) in [6, 6.07) is 8.94. The fourth-order valence-electron chi connectivity index (χ4n) is 2.10. The van der Waals surface area contributed by atoms with Gasteiger partial charge in [-0.1, -0.05) is 22.0 Å². The largest absolute Gasteiger partial charge is 0.309 e. The first-order valence-corrected chi connectivity index (χ1v) is 7.28. The van der Waals surface area contributed by atoms with Crippen LogP contribution in [0, 0.1) is 13.8 Å². The Balaban J connectivity index is 2.49. The van der Waals surface area contributed by atoms with E-state index in [2.05, 4.69) is 64.7 Å². The van der Waals surface area contributed by atoms with Crippen LogP contribution in [0.5, 0.6) is 0 Å². The molecule has 3 heteroatoms. The molecule has 0 spiro atoms. The number of thiophene rings is 1. The second kappa shape index (κ2) is 5.34. The van der Waals surface area contributed by atoms with Gasteiger partial charge in [0.05, 0.1) is 6.04 Å². The van der Waals surface area contributed by atoms with Crippen LogP contribution in [-0.2, 0) is 0 Å². The van der Waals surface area contributed by atoms with E-state index in [1.807, 2.05) is 7.05 Å². The minimum Gasteiger partial charge on any atom is -0.309 e. The first kappa shape index (κ1) is 12.8. The van der Waals surface area contributed by atoms with Crippen LogP contribution in [0.4, 0.5) is 0 Å². The van der Waals surface area contributed by atoms with Crippen LogP contribution in [0.3, 0.4) is 0 Å². The molecule has 1 unspecified atom stereocenters. The van der Waals surface area contributed by atoms with Gasteiger partial charge in [0, 0.05) is 9.35 Å². The lowest BCUT2D eigenvalue weighted by atomic mass is 9.96. The normalized spacial score (nSPS) is 12.7. The zero-order chi connectivity index (χ0) is 12.4. The smallest absolute Gasteiger partial charge is 0.0588 e. The van der Waals surface area contributed by atoms with Crippen LogP contribution in [0.1, 0.15) is 27.6 Å². The summed E-state index contributed by atoms with van der Waals surface area (Å²) in [7, 11) is 2.02. The molecule has 0 aliphatic heterocycles. The summed E-state index contributed by atoms with van der Waals surface area (Å²) in [6.07, 6.45) is 0. The first-order chi connectivity index (χ1) is 8.13. The van der Waals surface area contributed by atoms with Crippen LogP contribution < -0.4 is 5.32 Å². The van der Waals surface area contributed by atoms with Crippen LogP contribution in [0.25, 0.3) is 0 Å². The molecule has 0 bridgehead atoms. The van der Waals surface area contributed by atoms with Gasteiger partial charge in [-0.15, -0.1) is 11.3 Å². The Hall–Kier alpha value is -0.640. The third-order valence-corrected chi connectivity index (χ3v) is 4.41. The van der Waals surface area contributed by atoms with Gasteiger partial charge in [-0.2, -0.15) is 0 Å². The topological polar surface area (TPSA) is 12.0 Å². The molecule has 2 rings (SSSR count). The van der Waals surface area contributed by atoms with Gasteiger partial charge in [-0.05, 0) is 61.2 Å². The van der Waals surface area contributed by atoms with E-state index in [0.717, 1.165) is 4.47 Å². The summed E-state index contributed by atoms with van der Waals surface area (Å²) in [5.74, 6) is 0. The minimum absolute atomic E-state index is 0.277. The second-order valence-corrected chi connectivity index (χ2v) is 6.19. The number of hydrogen-bond donors (Lipinski definition) is 1. The fourth-order valence-corrected chi connectivity index (χ4v) is 3.21. The molecule has 17 heavy (non-hydrogen) atoms. The monoisotopic (exact) mass is 309 g/mol. The Bertz CT molecular complexity index is 519. The van der Waals surface area contributed by atoms with E-state index < -0.39 is 0 Å². The summed E-state index contributed by atoms with van der Waals surface area (Å²) < 4.78 is 1.13. The highest BCUT2D eigenvalue weighted by molar-refractivity contribution is 9.10. The van der Waals surface area contributed by atoms with Crippen molar-refractivity contribution >= 4 is 27.3 Å². The standard InChI is InChI=1S/C14H16BrNS/c1-9-4-5-11(15)8-13(9)14(16-3)12-6-7-17-10(12)2/h4-8,14,16H,1-3H3. The van der Waals surface area contributed by atoms with E-state index in [9.17, 15) is 0 Å². The third-order valence-electron chi connectivity index (χ3n) is 3.05. The number of aryl methyl sites for hydroxylation is 2. The van der Waals surface area contributed by atoms with Crippen LogP contribution in [0.15, 0.2) is 34.1 Å². The molecule has 0 aliphatic carbocycles. The van der Waals surface area contributed by atoms with Crippen LogP contribution in [0.2, 0.25) is 0 Å². The molecule has 1 aromatic heterocycles. The van der Waals surface area contributed by atoms with Crippen molar-refractivity contribution in [2.24, 2.45) is 0 Å². The highest BCUT2D eigenvalue weighted by atomic mass is 79.9. The summed E-state index contributed by atoms with van der Waals surface area (Å²) in [6.45, 7) is 4.34. The summed E-state index contributed by atoms with van der Waals surface area (Å²) in [5, 5.41) is 5.57. The van der Waals surface area contributed by atoms with Gasteiger partial charge in [-0.3, -0.25) is 0 Å². The lowest BCUT2D eigenvalue weighted by Gasteiger charge is -2.19. The van der Waals surface area contributed by atoms with Crippen molar-refractivity contribution in [1.29, 1.82) is 0 Å². The lowest BCUT2D eigenvalue weighted by molar-refractivity contribution is 0.686. The maximum absolute atomic E-state index is 3.55. The van der Waals surface area contributed by atoms with Crippen molar-refractivity contribution in [3.63, 3.8) is 0 Å². The van der Waals surface area contributed by atoms with Gasteiger partial charge >= 0.3 is 0 Å². The Morgan fingerprint density at radius 3 is 2.53 bits per heavy atom. The number of hydrogen-bond acceptors (Lipinski definition) is 2. The van der Waals surface area contributed by atoms with Gasteiger partial charge in [0.15, 0.2) is 0 Å². The molecule has 0 radical (unpaired) electrons. The SMILES string of the molecule is CNC(c1cc(Br)ccc1C)c1ccsc1C. The van der Waals surface area contributed by atoms with Crippen molar-refractivity contribution in [3.8, 4) is 0 Å². The van der Waals surface area contributed by atoms with Crippen molar-refractivity contribution < 1.29 is 0 Å². The molecular weight excluding hydrogens is 294 g/mol. The van der Waals surface area contributed by atoms with Gasteiger partial charge in [0.1, 0.15) is 0 Å². The van der Waals surface area contributed by atoms with Crippen molar-refractivity contribution in [2.75, 3.05) is 7.05 Å². The predicted octanol–water partition coefficient (Wildman–Crippen LogP) is 4.44. The van der Waals surface area contributed by atoms with Gasteiger partial charge in [0.2, 0.25) is 0 Å². The van der Waals surface area contributed by atoms with Crippen LogP contribution in [-0.4, -0.2) is 7.05 Å². The highest BCUT2D eigenvalue weighted by Gasteiger charge is 2.17. The van der Waals surface area contributed by atoms with E-state index in [1.165, 1.54) is 21.6 Å². The zero-order valence-corrected chi connectivity index (χ0v) is 12.7. The Morgan fingerprint density at radius 1 is 1.18 bits per heavy atom. The summed E-state index contributed by atoms with van der Waals surface area (Å²) in [4.78, 5) is 1.38. The van der Waals surface area contributed by atoms with Crippen molar-refractivity contribution in [2.45, 2.75) is 19.9 Å². The average molecular weight is 310 g/mol. The van der Waals surface area contributed by atoms with Gasteiger partial charge < -0.3 is 5.32 Å². The number of nitrogens with one attached hydrogen (secondary N) is 1. The number of halogens is 1. The van der Waals surface area contributed by atoms with Crippen molar-refractivity contribution in [1.82, 2.24) is 5.32 Å². The fraction of sp³-hybridized carbons (Fsp3) is 0.286. The molecule has 1 nitrogen and oxygen atoms in total. The molecule has 0 saturated heterocycles. The summed E-state index contributed by atoms with van der Waals surface area (Å²) in [5.41, 5.74) is 4.03. The quantitative estimate of drug-likeness (QED) is 0.884. The van der Waals surface area contributed by atoms with Gasteiger partial charge in [0.25, 0.3) is 0 Å². The Morgan fingerprint density at radius 2 is 1.94 bits per heavy atom. The van der Waals surface area contributed by atoms with Crippen LogP contribution >= 0.6 is 27.3 Å². The molecule has 0 amide bonds. The Kier molecular flexibility index (Phi) is 4.02.